The Kier molecular flexibility index (Phi) is 4.76. The summed E-state index contributed by atoms with van der Waals surface area (Å²) in [6, 6.07) is 0. The molecule has 2 N–H and O–H groups in total. The van der Waals surface area contributed by atoms with E-state index in [9.17, 15) is 4.79 Å². The van der Waals surface area contributed by atoms with E-state index in [4.69, 9.17) is 10.5 Å². The van der Waals surface area contributed by atoms with Crippen molar-refractivity contribution in [3.63, 3.8) is 0 Å². The standard InChI is InChI=1S/C12H23N3O2/c13-4-3-12(16)15-7-5-14(6-8-15)10-11-2-1-9-17-11/h11H,1-10,13H2/t11-/m0/s1. The summed E-state index contributed by atoms with van der Waals surface area (Å²) >= 11 is 0. The van der Waals surface area contributed by atoms with Gasteiger partial charge < -0.3 is 15.4 Å². The molecule has 2 rings (SSSR count). The van der Waals surface area contributed by atoms with Crippen molar-refractivity contribution >= 4 is 5.91 Å². The van der Waals surface area contributed by atoms with Crippen LogP contribution < -0.4 is 5.73 Å². The van der Waals surface area contributed by atoms with Crippen LogP contribution in [-0.2, 0) is 9.53 Å². The van der Waals surface area contributed by atoms with Gasteiger partial charge in [0.25, 0.3) is 0 Å². The lowest BCUT2D eigenvalue weighted by Gasteiger charge is -2.35. The van der Waals surface area contributed by atoms with Crippen LogP contribution in [0.15, 0.2) is 0 Å². The summed E-state index contributed by atoms with van der Waals surface area (Å²) in [6.45, 7) is 6.01. The lowest BCUT2D eigenvalue weighted by atomic mass is 10.2. The summed E-state index contributed by atoms with van der Waals surface area (Å²) in [7, 11) is 0. The van der Waals surface area contributed by atoms with E-state index < -0.39 is 0 Å². The molecule has 2 aliphatic heterocycles. The van der Waals surface area contributed by atoms with Crippen LogP contribution in [0.2, 0.25) is 0 Å². The highest BCUT2D eigenvalue weighted by molar-refractivity contribution is 5.76. The largest absolute Gasteiger partial charge is 0.377 e. The fourth-order valence-electron chi connectivity index (χ4n) is 2.54. The van der Waals surface area contributed by atoms with Gasteiger partial charge in [-0.2, -0.15) is 0 Å². The zero-order valence-electron chi connectivity index (χ0n) is 10.4. The van der Waals surface area contributed by atoms with E-state index in [1.54, 1.807) is 0 Å². The van der Waals surface area contributed by atoms with Gasteiger partial charge in [-0.15, -0.1) is 0 Å². The zero-order valence-corrected chi connectivity index (χ0v) is 10.4. The van der Waals surface area contributed by atoms with E-state index in [0.717, 1.165) is 39.3 Å². The summed E-state index contributed by atoms with van der Waals surface area (Å²) in [5.41, 5.74) is 5.40. The number of hydrogen-bond donors (Lipinski definition) is 1. The Morgan fingerprint density at radius 3 is 2.65 bits per heavy atom. The van der Waals surface area contributed by atoms with Crippen LogP contribution in [0.5, 0.6) is 0 Å². The normalized spacial score (nSPS) is 26.4. The third-order valence-corrected chi connectivity index (χ3v) is 3.57. The second-order valence-corrected chi connectivity index (χ2v) is 4.86. The second kappa shape index (κ2) is 6.33. The first-order chi connectivity index (χ1) is 8.29. The van der Waals surface area contributed by atoms with Gasteiger partial charge in [-0.3, -0.25) is 9.69 Å². The van der Waals surface area contributed by atoms with Crippen molar-refractivity contribution in [3.05, 3.63) is 0 Å². The average Bonchev–Trinajstić information content (AvgIpc) is 2.83. The van der Waals surface area contributed by atoms with Crippen LogP contribution in [-0.4, -0.2) is 67.7 Å². The van der Waals surface area contributed by atoms with E-state index in [0.29, 0.717) is 19.1 Å². The van der Waals surface area contributed by atoms with E-state index in [1.807, 2.05) is 4.90 Å². The van der Waals surface area contributed by atoms with Crippen LogP contribution in [0, 0.1) is 0 Å². The maximum absolute atomic E-state index is 11.7. The number of piperazine rings is 1. The van der Waals surface area contributed by atoms with Gasteiger partial charge in [0.15, 0.2) is 0 Å². The third kappa shape index (κ3) is 3.66. The predicted molar refractivity (Wildman–Crippen MR) is 65.7 cm³/mol. The highest BCUT2D eigenvalue weighted by atomic mass is 16.5. The average molecular weight is 241 g/mol. The Morgan fingerprint density at radius 1 is 1.29 bits per heavy atom. The van der Waals surface area contributed by atoms with Crippen LogP contribution >= 0.6 is 0 Å². The van der Waals surface area contributed by atoms with Crippen molar-refractivity contribution in [2.45, 2.75) is 25.4 Å². The van der Waals surface area contributed by atoms with Gasteiger partial charge in [-0.1, -0.05) is 0 Å². The van der Waals surface area contributed by atoms with Gasteiger partial charge in [0, 0.05) is 52.3 Å². The number of hydrogen-bond acceptors (Lipinski definition) is 4. The third-order valence-electron chi connectivity index (χ3n) is 3.57. The maximum atomic E-state index is 11.7. The molecule has 2 aliphatic rings. The molecule has 0 unspecified atom stereocenters. The van der Waals surface area contributed by atoms with Crippen molar-refractivity contribution < 1.29 is 9.53 Å². The molecule has 0 aliphatic carbocycles. The van der Waals surface area contributed by atoms with E-state index in [2.05, 4.69) is 4.90 Å². The molecular formula is C12H23N3O2. The number of ether oxygens (including phenoxy) is 1. The van der Waals surface area contributed by atoms with Gasteiger partial charge in [-0.05, 0) is 12.8 Å². The van der Waals surface area contributed by atoms with Gasteiger partial charge >= 0.3 is 0 Å². The number of nitrogens with zero attached hydrogens (tertiary/aromatic N) is 2. The van der Waals surface area contributed by atoms with Crippen LogP contribution in [0.25, 0.3) is 0 Å². The first-order valence-electron chi connectivity index (χ1n) is 6.61. The van der Waals surface area contributed by atoms with E-state index in [1.165, 1.54) is 12.8 Å². The fraction of sp³-hybridized carbons (Fsp3) is 0.917. The lowest BCUT2D eigenvalue weighted by Crippen LogP contribution is -2.50. The van der Waals surface area contributed by atoms with Crippen molar-refractivity contribution in [1.29, 1.82) is 0 Å². The summed E-state index contributed by atoms with van der Waals surface area (Å²) in [5, 5.41) is 0. The Bertz CT molecular complexity index is 246. The molecule has 0 aromatic carbocycles. The van der Waals surface area contributed by atoms with Gasteiger partial charge in [0.05, 0.1) is 6.10 Å². The Hall–Kier alpha value is -0.650. The summed E-state index contributed by atoms with van der Waals surface area (Å²) in [6.07, 6.45) is 3.28. The minimum absolute atomic E-state index is 0.198. The molecule has 2 heterocycles. The van der Waals surface area contributed by atoms with Gasteiger partial charge in [-0.25, -0.2) is 0 Å². The Labute approximate surface area is 103 Å². The van der Waals surface area contributed by atoms with Crippen molar-refractivity contribution in [2.75, 3.05) is 45.9 Å². The molecule has 0 radical (unpaired) electrons. The molecule has 2 fully saturated rings. The molecule has 5 heteroatoms. The first-order valence-corrected chi connectivity index (χ1v) is 6.61. The Balaban J connectivity index is 1.68. The fourth-order valence-corrected chi connectivity index (χ4v) is 2.54. The summed E-state index contributed by atoms with van der Waals surface area (Å²) in [5.74, 6) is 0.198. The van der Waals surface area contributed by atoms with Gasteiger partial charge in [0.1, 0.15) is 0 Å². The van der Waals surface area contributed by atoms with Gasteiger partial charge in [0.2, 0.25) is 5.91 Å². The SMILES string of the molecule is NCCC(=O)N1CCN(C[C@@H]2CCCO2)CC1. The Morgan fingerprint density at radius 2 is 2.06 bits per heavy atom. The number of nitrogens with two attached hydrogens (primary N) is 1. The molecule has 0 aromatic rings. The second-order valence-electron chi connectivity index (χ2n) is 4.86. The summed E-state index contributed by atoms with van der Waals surface area (Å²) < 4.78 is 5.63. The molecule has 1 amide bonds. The highest BCUT2D eigenvalue weighted by Gasteiger charge is 2.24. The minimum atomic E-state index is 0.198. The predicted octanol–water partition coefficient (Wildman–Crippen LogP) is -0.342. The van der Waals surface area contributed by atoms with E-state index in [-0.39, 0.29) is 5.91 Å². The lowest BCUT2D eigenvalue weighted by molar-refractivity contribution is -0.132. The quantitative estimate of drug-likeness (QED) is 0.731. The molecule has 0 saturated carbocycles. The monoisotopic (exact) mass is 241 g/mol. The molecule has 1 atom stereocenters. The molecule has 0 aromatic heterocycles. The molecule has 98 valence electrons. The summed E-state index contributed by atoms with van der Waals surface area (Å²) in [4.78, 5) is 16.0. The molecular weight excluding hydrogens is 218 g/mol. The molecule has 17 heavy (non-hydrogen) atoms. The molecule has 5 nitrogen and oxygen atoms in total. The van der Waals surface area contributed by atoms with Crippen molar-refractivity contribution in [3.8, 4) is 0 Å². The number of rotatable bonds is 4. The molecule has 0 bridgehead atoms. The van der Waals surface area contributed by atoms with Crippen molar-refractivity contribution in [1.82, 2.24) is 9.80 Å². The van der Waals surface area contributed by atoms with E-state index >= 15 is 0 Å². The smallest absolute Gasteiger partial charge is 0.223 e. The topological polar surface area (TPSA) is 58.8 Å². The highest BCUT2D eigenvalue weighted by Crippen LogP contribution is 2.14. The molecule has 0 spiro atoms. The first kappa shape index (κ1) is 12.8. The molecule has 2 saturated heterocycles. The van der Waals surface area contributed by atoms with Crippen LogP contribution in [0.1, 0.15) is 19.3 Å². The van der Waals surface area contributed by atoms with Crippen LogP contribution in [0.4, 0.5) is 0 Å². The number of carbonyl (C=O) groups is 1. The zero-order chi connectivity index (χ0) is 12.1. The minimum Gasteiger partial charge on any atom is -0.377 e. The van der Waals surface area contributed by atoms with Crippen LogP contribution in [0.3, 0.4) is 0 Å². The maximum Gasteiger partial charge on any atom is 0.223 e. The van der Waals surface area contributed by atoms with Crippen molar-refractivity contribution in [2.24, 2.45) is 5.73 Å². The number of carbonyl (C=O) groups excluding carboxylic acids is 1. The number of amides is 1.